The molecular weight excluding hydrogens is 477 g/mol. The number of hydrogen-bond donors (Lipinski definition) is 0. The molecule has 0 saturated carbocycles. The van der Waals surface area contributed by atoms with Crippen LogP contribution < -0.4 is 4.74 Å². The van der Waals surface area contributed by atoms with Crippen LogP contribution in [0.15, 0.2) is 83.5 Å². The van der Waals surface area contributed by atoms with Gasteiger partial charge in [-0.3, -0.25) is 0 Å². The Morgan fingerprint density at radius 3 is 2.55 bits per heavy atom. The van der Waals surface area contributed by atoms with Crippen LogP contribution in [0, 0.1) is 10.5 Å². The number of ether oxygens (including phenoxy) is 2. The third-order valence-electron chi connectivity index (χ3n) is 4.55. The number of aryl methyl sites for hydroxylation is 1. The molecule has 5 heteroatoms. The summed E-state index contributed by atoms with van der Waals surface area (Å²) in [5, 5.41) is 0. The highest BCUT2D eigenvalue weighted by Crippen LogP contribution is 2.26. The van der Waals surface area contributed by atoms with Crippen molar-refractivity contribution in [3.63, 3.8) is 0 Å². The fraction of sp³-hybridized carbons (Fsp3) is 0.0833. The highest BCUT2D eigenvalue weighted by molar-refractivity contribution is 14.1. The third kappa shape index (κ3) is 4.40. The van der Waals surface area contributed by atoms with E-state index in [2.05, 4.69) is 27.6 Å². The fourth-order valence-electron chi connectivity index (χ4n) is 2.99. The number of benzene rings is 3. The summed E-state index contributed by atoms with van der Waals surface area (Å²) < 4.78 is 12.6. The predicted octanol–water partition coefficient (Wildman–Crippen LogP) is 5.52. The number of carbonyl (C=O) groups excluding carboxylic acids is 1. The summed E-state index contributed by atoms with van der Waals surface area (Å²) in [5.41, 5.74) is 3.96. The maximum absolute atomic E-state index is 12.4. The first-order valence-electron chi connectivity index (χ1n) is 9.15. The quantitative estimate of drug-likeness (QED) is 0.266. The van der Waals surface area contributed by atoms with Gasteiger partial charge >= 0.3 is 5.97 Å². The maximum atomic E-state index is 12.4. The monoisotopic (exact) mass is 495 g/mol. The molecule has 0 amide bonds. The SMILES string of the molecule is Cc1ccccc1C1=N/C(=C\c2ccccc2OCc2ccccc2I)C(=O)O1. The first kappa shape index (κ1) is 19.4. The smallest absolute Gasteiger partial charge is 0.363 e. The number of esters is 1. The number of cyclic esters (lactones) is 1. The van der Waals surface area contributed by atoms with E-state index in [9.17, 15) is 4.79 Å². The number of hydrogen-bond acceptors (Lipinski definition) is 4. The van der Waals surface area contributed by atoms with Crippen LogP contribution in [0.25, 0.3) is 6.08 Å². The normalized spacial score (nSPS) is 14.6. The largest absolute Gasteiger partial charge is 0.488 e. The summed E-state index contributed by atoms with van der Waals surface area (Å²) in [4.78, 5) is 16.8. The topological polar surface area (TPSA) is 47.9 Å². The Hall–Kier alpha value is -2.93. The first-order chi connectivity index (χ1) is 14.1. The summed E-state index contributed by atoms with van der Waals surface area (Å²) >= 11 is 2.29. The molecule has 0 N–H and O–H groups in total. The molecule has 1 aliphatic heterocycles. The van der Waals surface area contributed by atoms with E-state index in [0.29, 0.717) is 18.3 Å². The van der Waals surface area contributed by atoms with Crippen LogP contribution in [0.2, 0.25) is 0 Å². The van der Waals surface area contributed by atoms with Gasteiger partial charge in [-0.15, -0.1) is 0 Å². The molecule has 3 aromatic carbocycles. The summed E-state index contributed by atoms with van der Waals surface area (Å²) in [6.45, 7) is 2.41. The van der Waals surface area contributed by atoms with Crippen molar-refractivity contribution in [2.45, 2.75) is 13.5 Å². The van der Waals surface area contributed by atoms with Gasteiger partial charge in [-0.05, 0) is 59.4 Å². The summed E-state index contributed by atoms with van der Waals surface area (Å²) in [6, 6.07) is 23.3. The zero-order valence-corrected chi connectivity index (χ0v) is 17.9. The van der Waals surface area contributed by atoms with Crippen LogP contribution in [0.5, 0.6) is 5.75 Å². The van der Waals surface area contributed by atoms with E-state index < -0.39 is 5.97 Å². The fourth-order valence-corrected chi connectivity index (χ4v) is 3.53. The minimum Gasteiger partial charge on any atom is -0.488 e. The van der Waals surface area contributed by atoms with Gasteiger partial charge in [-0.25, -0.2) is 9.79 Å². The van der Waals surface area contributed by atoms with Crippen molar-refractivity contribution in [1.29, 1.82) is 0 Å². The Balaban J connectivity index is 1.61. The maximum Gasteiger partial charge on any atom is 0.363 e. The van der Waals surface area contributed by atoms with Crippen molar-refractivity contribution >= 4 is 40.5 Å². The standard InChI is InChI=1S/C24H18INO3/c1-16-8-2-5-11-19(16)23-26-21(24(27)29-23)14-17-9-4-7-13-22(17)28-15-18-10-3-6-12-20(18)25/h2-14H,15H2,1H3/b21-14-. The van der Waals surface area contributed by atoms with Crippen LogP contribution >= 0.6 is 22.6 Å². The molecule has 1 heterocycles. The summed E-state index contributed by atoms with van der Waals surface area (Å²) in [6.07, 6.45) is 1.71. The van der Waals surface area contributed by atoms with Gasteiger partial charge in [0.1, 0.15) is 12.4 Å². The zero-order valence-electron chi connectivity index (χ0n) is 15.8. The lowest BCUT2D eigenvalue weighted by Crippen LogP contribution is -2.06. The van der Waals surface area contributed by atoms with Gasteiger partial charge in [0, 0.05) is 20.3 Å². The zero-order chi connectivity index (χ0) is 20.2. The van der Waals surface area contributed by atoms with Crippen LogP contribution in [-0.2, 0) is 16.1 Å². The summed E-state index contributed by atoms with van der Waals surface area (Å²) in [7, 11) is 0. The Bertz CT molecular complexity index is 1130. The van der Waals surface area contributed by atoms with E-state index in [0.717, 1.165) is 25.8 Å². The van der Waals surface area contributed by atoms with E-state index in [4.69, 9.17) is 9.47 Å². The van der Waals surface area contributed by atoms with E-state index in [1.54, 1.807) is 6.08 Å². The molecule has 0 atom stereocenters. The average Bonchev–Trinajstić information content (AvgIpc) is 3.09. The Morgan fingerprint density at radius 2 is 1.72 bits per heavy atom. The second kappa shape index (κ2) is 8.61. The molecule has 0 aromatic heterocycles. The second-order valence-corrected chi connectivity index (χ2v) is 7.73. The second-order valence-electron chi connectivity index (χ2n) is 6.57. The van der Waals surface area contributed by atoms with Gasteiger partial charge < -0.3 is 9.47 Å². The van der Waals surface area contributed by atoms with Gasteiger partial charge in [0.2, 0.25) is 5.90 Å². The number of rotatable bonds is 5. The first-order valence-corrected chi connectivity index (χ1v) is 10.2. The molecule has 0 unspecified atom stereocenters. The molecule has 0 saturated heterocycles. The van der Waals surface area contributed by atoms with E-state index in [-0.39, 0.29) is 5.70 Å². The lowest BCUT2D eigenvalue weighted by atomic mass is 10.1. The number of carbonyl (C=O) groups is 1. The highest BCUT2D eigenvalue weighted by Gasteiger charge is 2.25. The van der Waals surface area contributed by atoms with Crippen LogP contribution in [0.4, 0.5) is 0 Å². The third-order valence-corrected chi connectivity index (χ3v) is 5.60. The molecule has 144 valence electrons. The molecule has 0 radical (unpaired) electrons. The number of nitrogens with zero attached hydrogens (tertiary/aromatic N) is 1. The number of para-hydroxylation sites is 1. The average molecular weight is 495 g/mol. The van der Waals surface area contributed by atoms with Crippen molar-refractivity contribution in [2.75, 3.05) is 0 Å². The van der Waals surface area contributed by atoms with Gasteiger partial charge in [0.25, 0.3) is 0 Å². The molecule has 3 aromatic rings. The number of aliphatic imine (C=N–C) groups is 1. The number of halogens is 1. The minimum absolute atomic E-state index is 0.258. The van der Waals surface area contributed by atoms with E-state index in [1.807, 2.05) is 79.7 Å². The van der Waals surface area contributed by atoms with Crippen molar-refractivity contribution < 1.29 is 14.3 Å². The van der Waals surface area contributed by atoms with Crippen molar-refractivity contribution in [1.82, 2.24) is 0 Å². The molecule has 29 heavy (non-hydrogen) atoms. The molecule has 4 nitrogen and oxygen atoms in total. The molecule has 4 rings (SSSR count). The highest BCUT2D eigenvalue weighted by atomic mass is 127. The Morgan fingerprint density at radius 1 is 1.00 bits per heavy atom. The summed E-state index contributed by atoms with van der Waals surface area (Å²) in [5.74, 6) is 0.555. The lowest BCUT2D eigenvalue weighted by molar-refractivity contribution is -0.129. The van der Waals surface area contributed by atoms with E-state index >= 15 is 0 Å². The van der Waals surface area contributed by atoms with Crippen LogP contribution in [0.3, 0.4) is 0 Å². The van der Waals surface area contributed by atoms with Crippen molar-refractivity contribution in [3.8, 4) is 5.75 Å². The molecular formula is C24H18INO3. The molecule has 0 fully saturated rings. The molecule has 1 aliphatic rings. The molecule has 0 bridgehead atoms. The van der Waals surface area contributed by atoms with Crippen molar-refractivity contribution in [3.05, 3.63) is 104 Å². The Labute approximate surface area is 183 Å². The van der Waals surface area contributed by atoms with Gasteiger partial charge in [0.15, 0.2) is 5.70 Å². The molecule has 0 aliphatic carbocycles. The van der Waals surface area contributed by atoms with Crippen LogP contribution in [0.1, 0.15) is 22.3 Å². The van der Waals surface area contributed by atoms with Gasteiger partial charge in [-0.2, -0.15) is 0 Å². The minimum atomic E-state index is -0.462. The molecule has 0 spiro atoms. The predicted molar refractivity (Wildman–Crippen MR) is 122 cm³/mol. The Kier molecular flexibility index (Phi) is 5.76. The van der Waals surface area contributed by atoms with E-state index in [1.165, 1.54) is 0 Å². The van der Waals surface area contributed by atoms with Gasteiger partial charge in [-0.1, -0.05) is 54.6 Å². The van der Waals surface area contributed by atoms with Crippen LogP contribution in [-0.4, -0.2) is 11.9 Å². The van der Waals surface area contributed by atoms with Gasteiger partial charge in [0.05, 0.1) is 0 Å². The lowest BCUT2D eigenvalue weighted by Gasteiger charge is -2.10. The van der Waals surface area contributed by atoms with Crippen molar-refractivity contribution in [2.24, 2.45) is 4.99 Å².